The van der Waals surface area contributed by atoms with Crippen LogP contribution in [-0.4, -0.2) is 67.7 Å². The van der Waals surface area contributed by atoms with Gasteiger partial charge in [0.25, 0.3) is 0 Å². The highest BCUT2D eigenvalue weighted by molar-refractivity contribution is 5.69. The molecule has 1 unspecified atom stereocenters. The van der Waals surface area contributed by atoms with Crippen LogP contribution in [0.15, 0.2) is 48.5 Å². The number of methoxy groups -OCH3 is 1. The average molecular weight is 587 g/mol. The lowest BCUT2D eigenvalue weighted by molar-refractivity contribution is -0.142. The molecule has 0 radical (unpaired) electrons. The van der Waals surface area contributed by atoms with Crippen molar-refractivity contribution in [3.8, 4) is 6.07 Å². The van der Waals surface area contributed by atoms with Crippen LogP contribution in [0.2, 0.25) is 0 Å². The van der Waals surface area contributed by atoms with Gasteiger partial charge in [0.15, 0.2) is 0 Å². The molecule has 0 bridgehead atoms. The maximum atomic E-state index is 14.9. The lowest BCUT2D eigenvalue weighted by atomic mass is 9.56. The van der Waals surface area contributed by atoms with Gasteiger partial charge in [0, 0.05) is 36.2 Å². The molecule has 4 aliphatic rings. The van der Waals surface area contributed by atoms with E-state index in [4.69, 9.17) is 10.00 Å². The molecule has 5 atom stereocenters. The highest BCUT2D eigenvalue weighted by Gasteiger charge is 2.53. The van der Waals surface area contributed by atoms with Crippen LogP contribution in [0, 0.1) is 34.9 Å². The monoisotopic (exact) mass is 586 g/mol. The van der Waals surface area contributed by atoms with E-state index in [1.165, 1.54) is 20.0 Å². The number of ether oxygens (including phenoxy) is 1. The quantitative estimate of drug-likeness (QED) is 0.327. The van der Waals surface area contributed by atoms with Gasteiger partial charge in [-0.15, -0.1) is 0 Å². The molecular weight excluding hydrogens is 539 g/mol. The van der Waals surface area contributed by atoms with Crippen molar-refractivity contribution in [1.29, 1.82) is 5.26 Å². The van der Waals surface area contributed by atoms with Gasteiger partial charge in [-0.25, -0.2) is 4.39 Å². The molecule has 7 heteroatoms. The maximum absolute atomic E-state index is 14.9. The van der Waals surface area contributed by atoms with Gasteiger partial charge in [0.05, 0.1) is 18.7 Å². The molecule has 230 valence electrons. The summed E-state index contributed by atoms with van der Waals surface area (Å²) >= 11 is 0. The van der Waals surface area contributed by atoms with E-state index < -0.39 is 0 Å². The molecule has 6 nitrogen and oxygen atoms in total. The van der Waals surface area contributed by atoms with Crippen LogP contribution in [0.4, 0.5) is 10.1 Å². The standard InChI is InChI=1S/C36H47FN4O2/c1-43-35(42)21-27-5-2-8-34(27)36(25-40-17-4-18-40,29-6-3-7-30(37)22-29)28-15-19-41(20-16-28)33-14-13-32(23-33)39-31-11-9-26(24-38)10-12-31/h3,6-7,9-12,22,27-28,32-34,39H,2,4-5,8,13-21,23,25H2,1H3/t27-,32+,33?,34+,36+/m1/s1. The van der Waals surface area contributed by atoms with Crippen molar-refractivity contribution < 1.29 is 13.9 Å². The topological polar surface area (TPSA) is 68.6 Å². The summed E-state index contributed by atoms with van der Waals surface area (Å²) in [4.78, 5) is 17.8. The van der Waals surface area contributed by atoms with Gasteiger partial charge >= 0.3 is 5.97 Å². The number of nitrogens with zero attached hydrogens (tertiary/aromatic N) is 3. The molecule has 2 aromatic rings. The van der Waals surface area contributed by atoms with E-state index in [1.807, 2.05) is 36.4 Å². The fourth-order valence-electron chi connectivity index (χ4n) is 9.11. The fraction of sp³-hybridized carbons (Fsp3) is 0.611. The van der Waals surface area contributed by atoms with Crippen molar-refractivity contribution in [2.45, 2.75) is 81.7 Å². The molecule has 0 amide bonds. The summed E-state index contributed by atoms with van der Waals surface area (Å²) in [7, 11) is 1.50. The number of rotatable bonds is 10. The number of piperidine rings is 1. The Balaban J connectivity index is 1.20. The number of halogens is 1. The molecule has 0 spiro atoms. The highest BCUT2D eigenvalue weighted by Crippen LogP contribution is 2.54. The Bertz CT molecular complexity index is 1280. The van der Waals surface area contributed by atoms with Crippen LogP contribution in [0.25, 0.3) is 0 Å². The maximum Gasteiger partial charge on any atom is 0.305 e. The number of nitrogens with one attached hydrogen (secondary N) is 1. The Morgan fingerprint density at radius 2 is 1.81 bits per heavy atom. The molecule has 0 aromatic heterocycles. The van der Waals surface area contributed by atoms with Gasteiger partial charge in [-0.2, -0.15) is 5.26 Å². The predicted molar refractivity (Wildman–Crippen MR) is 167 cm³/mol. The minimum atomic E-state index is -0.168. The molecule has 2 aliphatic heterocycles. The first kappa shape index (κ1) is 30.1. The normalized spacial score (nSPS) is 28.1. The zero-order chi connectivity index (χ0) is 29.8. The van der Waals surface area contributed by atoms with Crippen molar-refractivity contribution in [2.24, 2.45) is 17.8 Å². The molecule has 2 aromatic carbocycles. The first-order valence-corrected chi connectivity index (χ1v) is 16.5. The number of esters is 1. The van der Waals surface area contributed by atoms with Crippen molar-refractivity contribution in [2.75, 3.05) is 45.2 Å². The SMILES string of the molecule is COC(=O)C[C@H]1CCC[C@@H]1[C@](CN1CCC1)(c1cccc(F)c1)C1CCN(C2CC[C@H](Nc3ccc(C#N)cc3)C2)CC1. The van der Waals surface area contributed by atoms with Crippen LogP contribution >= 0.6 is 0 Å². The number of anilines is 1. The summed E-state index contributed by atoms with van der Waals surface area (Å²) in [5.74, 6) is 0.798. The Morgan fingerprint density at radius 1 is 1.02 bits per heavy atom. The molecule has 1 N–H and O–H groups in total. The van der Waals surface area contributed by atoms with Gasteiger partial charge in [-0.05, 0) is 137 Å². The Kier molecular flexibility index (Phi) is 9.35. The van der Waals surface area contributed by atoms with E-state index >= 15 is 0 Å². The van der Waals surface area contributed by atoms with E-state index in [0.717, 1.165) is 88.9 Å². The van der Waals surface area contributed by atoms with Crippen molar-refractivity contribution in [1.82, 2.24) is 9.80 Å². The van der Waals surface area contributed by atoms with Crippen LogP contribution in [0.1, 0.15) is 75.3 Å². The number of hydrogen-bond acceptors (Lipinski definition) is 6. The van der Waals surface area contributed by atoms with Gasteiger partial charge in [-0.1, -0.05) is 18.6 Å². The second kappa shape index (κ2) is 13.4. The third-order valence-corrected chi connectivity index (χ3v) is 11.3. The minimum Gasteiger partial charge on any atom is -0.469 e. The summed E-state index contributed by atoms with van der Waals surface area (Å²) in [6, 6.07) is 18.5. The third kappa shape index (κ3) is 6.47. The third-order valence-electron chi connectivity index (χ3n) is 11.3. The summed E-state index contributed by atoms with van der Waals surface area (Å²) < 4.78 is 20.1. The van der Waals surface area contributed by atoms with E-state index in [2.05, 4.69) is 27.3 Å². The molecule has 43 heavy (non-hydrogen) atoms. The van der Waals surface area contributed by atoms with Crippen molar-refractivity contribution >= 4 is 11.7 Å². The zero-order valence-corrected chi connectivity index (χ0v) is 25.6. The first-order chi connectivity index (χ1) is 21.0. The lowest BCUT2D eigenvalue weighted by Crippen LogP contribution is -2.57. The molecule has 6 rings (SSSR count). The Hall–Kier alpha value is -2.95. The minimum absolute atomic E-state index is 0.116. The van der Waals surface area contributed by atoms with E-state index in [0.29, 0.717) is 35.9 Å². The molecule has 2 heterocycles. The Labute approximate surface area is 256 Å². The number of nitriles is 1. The molecule has 2 saturated carbocycles. The van der Waals surface area contributed by atoms with Gasteiger partial charge in [0.2, 0.25) is 0 Å². The van der Waals surface area contributed by atoms with E-state index in [1.54, 1.807) is 6.07 Å². The summed E-state index contributed by atoms with van der Waals surface area (Å²) in [5, 5.41) is 12.8. The number of carbonyl (C=O) groups excluding carboxylic acids is 1. The predicted octanol–water partition coefficient (Wildman–Crippen LogP) is 6.37. The highest BCUT2D eigenvalue weighted by atomic mass is 19.1. The first-order valence-electron chi connectivity index (χ1n) is 16.5. The number of likely N-dealkylation sites (tertiary alicyclic amines) is 2. The van der Waals surface area contributed by atoms with Gasteiger partial charge in [0.1, 0.15) is 5.82 Å². The van der Waals surface area contributed by atoms with E-state index in [-0.39, 0.29) is 23.1 Å². The van der Waals surface area contributed by atoms with Crippen LogP contribution in [-0.2, 0) is 14.9 Å². The number of benzene rings is 2. The second-order valence-corrected chi connectivity index (χ2v) is 13.6. The molecule has 2 aliphatic carbocycles. The van der Waals surface area contributed by atoms with Crippen LogP contribution < -0.4 is 5.32 Å². The fourth-order valence-corrected chi connectivity index (χ4v) is 9.11. The summed E-state index contributed by atoms with van der Waals surface area (Å²) in [6.45, 7) is 5.33. The summed E-state index contributed by atoms with van der Waals surface area (Å²) in [5.41, 5.74) is 2.76. The lowest BCUT2D eigenvalue weighted by Gasteiger charge is -2.54. The smallest absolute Gasteiger partial charge is 0.305 e. The van der Waals surface area contributed by atoms with Gasteiger partial charge in [-0.3, -0.25) is 4.79 Å². The molecular formula is C36H47FN4O2. The number of hydrogen-bond donors (Lipinski definition) is 1. The molecule has 2 saturated heterocycles. The van der Waals surface area contributed by atoms with Crippen molar-refractivity contribution in [3.63, 3.8) is 0 Å². The Morgan fingerprint density at radius 3 is 2.49 bits per heavy atom. The largest absolute Gasteiger partial charge is 0.469 e. The zero-order valence-electron chi connectivity index (χ0n) is 25.6. The summed E-state index contributed by atoms with van der Waals surface area (Å²) in [6.07, 6.45) is 10.7. The van der Waals surface area contributed by atoms with Crippen molar-refractivity contribution in [3.05, 3.63) is 65.5 Å². The average Bonchev–Trinajstić information content (AvgIpc) is 3.67. The molecule has 4 fully saturated rings. The van der Waals surface area contributed by atoms with Crippen LogP contribution in [0.3, 0.4) is 0 Å². The number of carbonyl (C=O) groups is 1. The van der Waals surface area contributed by atoms with Crippen LogP contribution in [0.5, 0.6) is 0 Å². The van der Waals surface area contributed by atoms with Gasteiger partial charge < -0.3 is 19.9 Å². The second-order valence-electron chi connectivity index (χ2n) is 13.6. The van der Waals surface area contributed by atoms with E-state index in [9.17, 15) is 9.18 Å².